The van der Waals surface area contributed by atoms with Crippen LogP contribution in [-0.2, 0) is 6.42 Å². The highest BCUT2D eigenvalue weighted by Crippen LogP contribution is 2.22. The Morgan fingerprint density at radius 2 is 1.62 bits per heavy atom. The van der Waals surface area contributed by atoms with Crippen LogP contribution in [0.2, 0.25) is 0 Å². The molecule has 2 rings (SSSR count). The highest BCUT2D eigenvalue weighted by molar-refractivity contribution is 5.31. The average Bonchev–Trinajstić information content (AvgIpc) is 2.44. The molecule has 0 saturated heterocycles. The average molecular weight is 289 g/mol. The molecular formula is C17H20FNO2. The zero-order valence-corrected chi connectivity index (χ0v) is 12.2. The highest BCUT2D eigenvalue weighted by Gasteiger charge is 2.14. The van der Waals surface area contributed by atoms with Crippen LogP contribution in [-0.4, -0.2) is 16.3 Å². The second-order valence-corrected chi connectivity index (χ2v) is 5.37. The third kappa shape index (κ3) is 4.20. The van der Waals surface area contributed by atoms with Crippen LogP contribution in [0.25, 0.3) is 0 Å². The smallest absolute Gasteiger partial charge is 0.128 e. The number of halogens is 1. The van der Waals surface area contributed by atoms with E-state index in [4.69, 9.17) is 0 Å². The summed E-state index contributed by atoms with van der Waals surface area (Å²) >= 11 is 0. The van der Waals surface area contributed by atoms with Crippen molar-refractivity contribution in [3.8, 4) is 11.5 Å². The van der Waals surface area contributed by atoms with Gasteiger partial charge in [0.1, 0.15) is 17.3 Å². The second kappa shape index (κ2) is 6.59. The molecule has 0 aromatic heterocycles. The second-order valence-electron chi connectivity index (χ2n) is 5.37. The maximum Gasteiger partial charge on any atom is 0.128 e. The van der Waals surface area contributed by atoms with E-state index in [9.17, 15) is 14.6 Å². The molecule has 2 atom stereocenters. The van der Waals surface area contributed by atoms with E-state index in [2.05, 4.69) is 5.32 Å². The van der Waals surface area contributed by atoms with Gasteiger partial charge < -0.3 is 15.5 Å². The quantitative estimate of drug-likeness (QED) is 0.789. The maximum absolute atomic E-state index is 13.8. The van der Waals surface area contributed by atoms with Crippen LogP contribution in [0.15, 0.2) is 42.5 Å². The fraction of sp³-hybridized carbons (Fsp3) is 0.294. The van der Waals surface area contributed by atoms with Crippen molar-refractivity contribution in [1.29, 1.82) is 0 Å². The van der Waals surface area contributed by atoms with Gasteiger partial charge in [0.2, 0.25) is 0 Å². The molecule has 0 aliphatic carbocycles. The number of hydrogen-bond acceptors (Lipinski definition) is 3. The normalized spacial score (nSPS) is 13.9. The van der Waals surface area contributed by atoms with Crippen molar-refractivity contribution in [3.05, 3.63) is 59.4 Å². The van der Waals surface area contributed by atoms with Gasteiger partial charge in [-0.15, -0.1) is 0 Å². The largest absolute Gasteiger partial charge is 0.508 e. The fourth-order valence-electron chi connectivity index (χ4n) is 2.42. The molecule has 2 aromatic carbocycles. The summed E-state index contributed by atoms with van der Waals surface area (Å²) < 4.78 is 13.8. The molecule has 21 heavy (non-hydrogen) atoms. The zero-order chi connectivity index (χ0) is 15.4. The number of phenolic OH excluding ortho intramolecular Hbond substituents is 2. The molecule has 112 valence electrons. The summed E-state index contributed by atoms with van der Waals surface area (Å²) in [6, 6.07) is 11.0. The number of phenols is 2. The van der Waals surface area contributed by atoms with Gasteiger partial charge in [-0.25, -0.2) is 4.39 Å². The van der Waals surface area contributed by atoms with Crippen molar-refractivity contribution in [2.24, 2.45) is 0 Å². The van der Waals surface area contributed by atoms with Gasteiger partial charge in [0.15, 0.2) is 0 Å². The van der Waals surface area contributed by atoms with Crippen LogP contribution >= 0.6 is 0 Å². The number of rotatable bonds is 5. The van der Waals surface area contributed by atoms with Gasteiger partial charge in [-0.05, 0) is 56.2 Å². The molecule has 2 aromatic rings. The van der Waals surface area contributed by atoms with E-state index < -0.39 is 0 Å². The Morgan fingerprint density at radius 1 is 1.00 bits per heavy atom. The van der Waals surface area contributed by atoms with Crippen LogP contribution in [0.5, 0.6) is 11.5 Å². The minimum Gasteiger partial charge on any atom is -0.508 e. The van der Waals surface area contributed by atoms with Crippen molar-refractivity contribution in [2.75, 3.05) is 0 Å². The number of benzene rings is 2. The highest BCUT2D eigenvalue weighted by atomic mass is 19.1. The predicted molar refractivity (Wildman–Crippen MR) is 80.9 cm³/mol. The Kier molecular flexibility index (Phi) is 4.81. The Bertz CT molecular complexity index is 598. The maximum atomic E-state index is 13.8. The molecule has 3 N–H and O–H groups in total. The van der Waals surface area contributed by atoms with Crippen molar-refractivity contribution in [1.82, 2.24) is 5.32 Å². The van der Waals surface area contributed by atoms with Crippen LogP contribution < -0.4 is 5.32 Å². The van der Waals surface area contributed by atoms with Crippen molar-refractivity contribution in [3.63, 3.8) is 0 Å². The minimum atomic E-state index is -0.329. The Labute approximate surface area is 124 Å². The molecule has 0 radical (unpaired) electrons. The van der Waals surface area contributed by atoms with Gasteiger partial charge in [-0.1, -0.05) is 12.1 Å². The molecule has 0 amide bonds. The van der Waals surface area contributed by atoms with Crippen molar-refractivity contribution < 1.29 is 14.6 Å². The fourth-order valence-corrected chi connectivity index (χ4v) is 2.42. The van der Waals surface area contributed by atoms with Crippen LogP contribution in [0.1, 0.15) is 31.0 Å². The Hall–Kier alpha value is -2.07. The summed E-state index contributed by atoms with van der Waals surface area (Å²) in [6.45, 7) is 3.88. The first kappa shape index (κ1) is 15.3. The molecule has 0 saturated carbocycles. The minimum absolute atomic E-state index is 0.0613. The SMILES string of the molecule is CC(Cc1ccc(O)cc1)NC(C)c1cc(O)ccc1F. The molecular weight excluding hydrogens is 269 g/mol. The van der Waals surface area contributed by atoms with Gasteiger partial charge in [0, 0.05) is 17.6 Å². The molecule has 0 spiro atoms. The Morgan fingerprint density at radius 3 is 2.29 bits per heavy atom. The molecule has 2 unspecified atom stereocenters. The van der Waals surface area contributed by atoms with Crippen LogP contribution in [0, 0.1) is 5.82 Å². The van der Waals surface area contributed by atoms with Crippen LogP contribution in [0.4, 0.5) is 4.39 Å². The van der Waals surface area contributed by atoms with E-state index in [0.29, 0.717) is 5.56 Å². The van der Waals surface area contributed by atoms with E-state index >= 15 is 0 Å². The third-order valence-electron chi connectivity index (χ3n) is 3.46. The lowest BCUT2D eigenvalue weighted by Gasteiger charge is -2.21. The van der Waals surface area contributed by atoms with E-state index in [1.165, 1.54) is 18.2 Å². The molecule has 0 heterocycles. The van der Waals surface area contributed by atoms with Gasteiger partial charge >= 0.3 is 0 Å². The molecule has 0 fully saturated rings. The summed E-state index contributed by atoms with van der Waals surface area (Å²) in [5.41, 5.74) is 1.55. The lowest BCUT2D eigenvalue weighted by atomic mass is 10.0. The topological polar surface area (TPSA) is 52.5 Å². The molecule has 0 bridgehead atoms. The standard InChI is InChI=1S/C17H20FNO2/c1-11(9-13-3-5-14(20)6-4-13)19-12(2)16-10-15(21)7-8-17(16)18/h3-8,10-12,19-21H,9H2,1-2H3. The van der Waals surface area contributed by atoms with Gasteiger partial charge in [0.25, 0.3) is 0 Å². The molecule has 0 aliphatic heterocycles. The lowest BCUT2D eigenvalue weighted by Crippen LogP contribution is -2.31. The zero-order valence-electron chi connectivity index (χ0n) is 12.2. The third-order valence-corrected chi connectivity index (χ3v) is 3.46. The summed E-state index contributed by atoms with van der Waals surface area (Å²) in [5.74, 6) is -0.0227. The first-order valence-corrected chi connectivity index (χ1v) is 6.98. The van der Waals surface area contributed by atoms with Gasteiger partial charge in [-0.3, -0.25) is 0 Å². The van der Waals surface area contributed by atoms with Gasteiger partial charge in [0.05, 0.1) is 0 Å². The van der Waals surface area contributed by atoms with E-state index in [1.54, 1.807) is 12.1 Å². The summed E-state index contributed by atoms with van der Waals surface area (Å²) in [7, 11) is 0. The summed E-state index contributed by atoms with van der Waals surface area (Å²) in [4.78, 5) is 0. The number of hydrogen-bond donors (Lipinski definition) is 3. The van der Waals surface area contributed by atoms with E-state index in [-0.39, 0.29) is 29.4 Å². The first-order valence-electron chi connectivity index (χ1n) is 6.98. The molecule has 4 heteroatoms. The van der Waals surface area contributed by atoms with E-state index in [1.807, 2.05) is 26.0 Å². The summed E-state index contributed by atoms with van der Waals surface area (Å²) in [6.07, 6.45) is 0.769. The number of nitrogens with one attached hydrogen (secondary N) is 1. The lowest BCUT2D eigenvalue weighted by molar-refractivity contribution is 0.446. The van der Waals surface area contributed by atoms with Crippen LogP contribution in [0.3, 0.4) is 0 Å². The van der Waals surface area contributed by atoms with Crippen molar-refractivity contribution in [2.45, 2.75) is 32.4 Å². The van der Waals surface area contributed by atoms with Crippen molar-refractivity contribution >= 4 is 0 Å². The first-order chi connectivity index (χ1) is 9.95. The predicted octanol–water partition coefficient (Wildman–Crippen LogP) is 3.52. The Balaban J connectivity index is 2.00. The van der Waals surface area contributed by atoms with Gasteiger partial charge in [-0.2, -0.15) is 0 Å². The number of aromatic hydroxyl groups is 2. The van der Waals surface area contributed by atoms with E-state index in [0.717, 1.165) is 12.0 Å². The monoisotopic (exact) mass is 289 g/mol. The summed E-state index contributed by atoms with van der Waals surface area (Å²) in [5, 5.41) is 22.0. The molecule has 0 aliphatic rings. The molecule has 3 nitrogen and oxygen atoms in total.